The average molecular weight is 276 g/mol. The van der Waals surface area contributed by atoms with Gasteiger partial charge in [-0.05, 0) is 18.2 Å². The molecule has 1 heterocycles. The molecule has 0 saturated heterocycles. The van der Waals surface area contributed by atoms with Crippen LogP contribution in [0.4, 0.5) is 5.69 Å². The quantitative estimate of drug-likeness (QED) is 0.897. The number of H-pyrrole nitrogens is 1. The highest BCUT2D eigenvalue weighted by atomic mass is 35.5. The van der Waals surface area contributed by atoms with Crippen molar-refractivity contribution in [3.8, 4) is 6.07 Å². The Morgan fingerprint density at radius 1 is 1.58 bits per heavy atom. The largest absolute Gasteiger partial charge is 0.319 e. The van der Waals surface area contributed by atoms with Gasteiger partial charge in [0.15, 0.2) is 0 Å². The van der Waals surface area contributed by atoms with Gasteiger partial charge < -0.3 is 5.32 Å². The van der Waals surface area contributed by atoms with Gasteiger partial charge in [0.1, 0.15) is 11.9 Å². The van der Waals surface area contributed by atoms with Crippen molar-refractivity contribution in [1.29, 1.82) is 5.26 Å². The number of amides is 1. The number of carbonyl (C=O) groups is 1. The monoisotopic (exact) mass is 275 g/mol. The Labute approximate surface area is 114 Å². The lowest BCUT2D eigenvalue weighted by atomic mass is 10.2. The number of anilines is 1. The summed E-state index contributed by atoms with van der Waals surface area (Å²) in [4.78, 5) is 15.9. The van der Waals surface area contributed by atoms with Crippen LogP contribution in [0.2, 0.25) is 5.02 Å². The zero-order valence-electron chi connectivity index (χ0n) is 10.1. The minimum atomic E-state index is -0.442. The Morgan fingerprint density at radius 2 is 2.37 bits per heavy atom. The van der Waals surface area contributed by atoms with Gasteiger partial charge in [-0.25, -0.2) is 4.98 Å². The number of halogens is 1. The van der Waals surface area contributed by atoms with Crippen LogP contribution < -0.4 is 5.32 Å². The van der Waals surface area contributed by atoms with E-state index in [4.69, 9.17) is 16.9 Å². The minimum absolute atomic E-state index is 0.0605. The first-order valence-electron chi connectivity index (χ1n) is 5.56. The van der Waals surface area contributed by atoms with E-state index in [1.54, 1.807) is 12.1 Å². The first kappa shape index (κ1) is 13.1. The highest BCUT2D eigenvalue weighted by Gasteiger charge is 2.12. The maximum atomic E-state index is 11.9. The maximum Gasteiger partial charge on any atom is 0.295 e. The lowest BCUT2D eigenvalue weighted by Crippen LogP contribution is -2.14. The molecule has 2 rings (SSSR count). The van der Waals surface area contributed by atoms with E-state index in [9.17, 15) is 4.79 Å². The van der Waals surface area contributed by atoms with Crippen molar-refractivity contribution in [2.24, 2.45) is 0 Å². The summed E-state index contributed by atoms with van der Waals surface area (Å²) in [6.07, 6.45) is 0.666. The zero-order valence-corrected chi connectivity index (χ0v) is 10.8. The summed E-state index contributed by atoms with van der Waals surface area (Å²) < 4.78 is 0. The van der Waals surface area contributed by atoms with E-state index in [0.29, 0.717) is 28.5 Å². The number of aromatic amines is 1. The van der Waals surface area contributed by atoms with Crippen molar-refractivity contribution in [3.05, 3.63) is 40.4 Å². The fourth-order valence-corrected chi connectivity index (χ4v) is 1.59. The molecule has 0 aliphatic heterocycles. The molecule has 96 valence electrons. The molecule has 0 aliphatic carbocycles. The highest BCUT2D eigenvalue weighted by molar-refractivity contribution is 6.31. The molecule has 0 unspecified atom stereocenters. The van der Waals surface area contributed by atoms with Gasteiger partial charge in [0.2, 0.25) is 5.82 Å². The van der Waals surface area contributed by atoms with E-state index in [2.05, 4.69) is 20.5 Å². The fraction of sp³-hybridized carbons (Fsp3) is 0.167. The van der Waals surface area contributed by atoms with Gasteiger partial charge in [-0.3, -0.25) is 9.89 Å². The number of aryl methyl sites for hydroxylation is 1. The van der Waals surface area contributed by atoms with Crippen molar-refractivity contribution in [1.82, 2.24) is 15.2 Å². The molecule has 1 amide bonds. The molecule has 2 aromatic rings. The highest BCUT2D eigenvalue weighted by Crippen LogP contribution is 2.19. The number of nitrogens with one attached hydrogen (secondary N) is 2. The number of benzene rings is 1. The molecule has 0 spiro atoms. The summed E-state index contributed by atoms with van der Waals surface area (Å²) in [6, 6.07) is 6.59. The number of nitriles is 1. The van der Waals surface area contributed by atoms with Crippen molar-refractivity contribution < 1.29 is 4.79 Å². The van der Waals surface area contributed by atoms with Crippen LogP contribution in [0.25, 0.3) is 0 Å². The lowest BCUT2D eigenvalue weighted by Gasteiger charge is -2.03. The standard InChI is InChI=1S/C12H10ClN5O/c1-2-10-16-11(18-17-10)12(19)15-8-3-4-9(13)7(5-8)6-14/h3-5H,2H2,1H3,(H,15,19)(H,16,17,18). The van der Waals surface area contributed by atoms with Crippen LogP contribution >= 0.6 is 11.6 Å². The molecule has 7 heteroatoms. The van der Waals surface area contributed by atoms with E-state index < -0.39 is 5.91 Å². The van der Waals surface area contributed by atoms with Gasteiger partial charge in [-0.15, -0.1) is 5.10 Å². The predicted octanol–water partition coefficient (Wildman–Crippen LogP) is 2.14. The number of nitrogens with zero attached hydrogens (tertiary/aromatic N) is 3. The van der Waals surface area contributed by atoms with Crippen LogP contribution in [0.15, 0.2) is 18.2 Å². The van der Waals surface area contributed by atoms with Crippen molar-refractivity contribution >= 4 is 23.2 Å². The summed E-state index contributed by atoms with van der Waals surface area (Å²) in [5, 5.41) is 18.3. The molecule has 19 heavy (non-hydrogen) atoms. The molecule has 1 aromatic heterocycles. The van der Waals surface area contributed by atoms with Crippen LogP contribution in [0.1, 0.15) is 28.9 Å². The number of hydrogen-bond acceptors (Lipinski definition) is 4. The Hall–Kier alpha value is -2.39. The molecule has 2 N–H and O–H groups in total. The molecule has 0 radical (unpaired) electrons. The van der Waals surface area contributed by atoms with Gasteiger partial charge in [-0.2, -0.15) is 5.26 Å². The zero-order chi connectivity index (χ0) is 13.8. The van der Waals surface area contributed by atoms with Gasteiger partial charge >= 0.3 is 0 Å². The number of rotatable bonds is 3. The Morgan fingerprint density at radius 3 is 3.00 bits per heavy atom. The lowest BCUT2D eigenvalue weighted by molar-refractivity contribution is 0.101. The molecule has 1 aromatic carbocycles. The molecule has 0 aliphatic rings. The van der Waals surface area contributed by atoms with Crippen LogP contribution in [-0.4, -0.2) is 21.1 Å². The van der Waals surface area contributed by atoms with Crippen LogP contribution in [0, 0.1) is 11.3 Å². The Bertz CT molecular complexity index is 658. The van der Waals surface area contributed by atoms with Crippen LogP contribution in [0.5, 0.6) is 0 Å². The first-order chi connectivity index (χ1) is 9.13. The Kier molecular flexibility index (Phi) is 3.78. The fourth-order valence-electron chi connectivity index (χ4n) is 1.43. The number of aromatic nitrogens is 3. The summed E-state index contributed by atoms with van der Waals surface area (Å²) in [5.74, 6) is 0.256. The van der Waals surface area contributed by atoms with E-state index in [0.717, 1.165) is 0 Å². The molecular weight excluding hydrogens is 266 g/mol. The predicted molar refractivity (Wildman–Crippen MR) is 69.9 cm³/mol. The first-order valence-corrected chi connectivity index (χ1v) is 5.94. The molecule has 0 atom stereocenters. The second-order valence-electron chi connectivity index (χ2n) is 3.72. The van der Waals surface area contributed by atoms with E-state index in [-0.39, 0.29) is 5.82 Å². The van der Waals surface area contributed by atoms with Gasteiger partial charge in [0.25, 0.3) is 5.91 Å². The summed E-state index contributed by atoms with van der Waals surface area (Å²) >= 11 is 5.81. The third-order valence-electron chi connectivity index (χ3n) is 2.41. The van der Waals surface area contributed by atoms with Crippen molar-refractivity contribution in [2.75, 3.05) is 5.32 Å². The molecule has 0 saturated carbocycles. The normalized spacial score (nSPS) is 9.95. The smallest absolute Gasteiger partial charge is 0.295 e. The molecule has 6 nitrogen and oxygen atoms in total. The minimum Gasteiger partial charge on any atom is -0.319 e. The molecule has 0 bridgehead atoms. The van der Waals surface area contributed by atoms with E-state index >= 15 is 0 Å². The van der Waals surface area contributed by atoms with Crippen molar-refractivity contribution in [2.45, 2.75) is 13.3 Å². The third-order valence-corrected chi connectivity index (χ3v) is 2.74. The van der Waals surface area contributed by atoms with Crippen molar-refractivity contribution in [3.63, 3.8) is 0 Å². The second kappa shape index (κ2) is 5.50. The molecule has 0 fully saturated rings. The Balaban J connectivity index is 2.17. The summed E-state index contributed by atoms with van der Waals surface area (Å²) in [7, 11) is 0. The molecular formula is C12H10ClN5O. The number of carbonyl (C=O) groups excluding carboxylic acids is 1. The maximum absolute atomic E-state index is 11.9. The summed E-state index contributed by atoms with van der Waals surface area (Å²) in [6.45, 7) is 1.90. The van der Waals surface area contributed by atoms with Gasteiger partial charge in [0.05, 0.1) is 10.6 Å². The van der Waals surface area contributed by atoms with E-state index in [1.807, 2.05) is 13.0 Å². The third kappa shape index (κ3) is 2.89. The van der Waals surface area contributed by atoms with E-state index in [1.165, 1.54) is 6.07 Å². The number of hydrogen-bond donors (Lipinski definition) is 2. The van der Waals surface area contributed by atoms with Gasteiger partial charge in [-0.1, -0.05) is 18.5 Å². The summed E-state index contributed by atoms with van der Waals surface area (Å²) in [5.41, 5.74) is 0.762. The SMILES string of the molecule is CCc1nc(C(=O)Nc2ccc(Cl)c(C#N)c2)n[nH]1. The topological polar surface area (TPSA) is 94.5 Å². The average Bonchev–Trinajstić information content (AvgIpc) is 2.90. The van der Waals surface area contributed by atoms with Gasteiger partial charge in [0, 0.05) is 12.1 Å². The van der Waals surface area contributed by atoms with Crippen LogP contribution in [-0.2, 0) is 6.42 Å². The van der Waals surface area contributed by atoms with Crippen LogP contribution in [0.3, 0.4) is 0 Å². The second-order valence-corrected chi connectivity index (χ2v) is 4.13.